The molecule has 2 atom stereocenters. The lowest BCUT2D eigenvalue weighted by Gasteiger charge is -2.19. The molecule has 0 saturated heterocycles. The minimum Gasteiger partial charge on any atom is -0.395 e. The van der Waals surface area contributed by atoms with Gasteiger partial charge in [-0.2, -0.15) is 0 Å². The first kappa shape index (κ1) is 13.3. The number of nitrogens with zero attached hydrogens (tertiary/aromatic N) is 2. The van der Waals surface area contributed by atoms with Crippen molar-refractivity contribution in [2.24, 2.45) is 5.73 Å². The standard InChI is InChI=1S/C9H18N4O2S/c1-3-6(10)7(5-14)16-9-12-11-8(15)13(9)4-2/h6-7,14H,3-5,10H2,1-2H3,(H,11,15). The average Bonchev–Trinajstić information content (AvgIpc) is 2.65. The first-order valence-electron chi connectivity index (χ1n) is 5.32. The maximum atomic E-state index is 11.3. The summed E-state index contributed by atoms with van der Waals surface area (Å²) in [7, 11) is 0. The second-order valence-electron chi connectivity index (χ2n) is 3.47. The Balaban J connectivity index is 2.81. The number of H-pyrrole nitrogens is 1. The molecule has 0 amide bonds. The monoisotopic (exact) mass is 246 g/mol. The largest absolute Gasteiger partial charge is 0.395 e. The van der Waals surface area contributed by atoms with Gasteiger partial charge in [0.15, 0.2) is 5.16 Å². The summed E-state index contributed by atoms with van der Waals surface area (Å²) in [6, 6.07) is -0.105. The van der Waals surface area contributed by atoms with Crippen molar-refractivity contribution in [1.82, 2.24) is 14.8 Å². The van der Waals surface area contributed by atoms with E-state index < -0.39 is 0 Å². The Morgan fingerprint density at radius 3 is 2.81 bits per heavy atom. The molecule has 0 radical (unpaired) electrons. The normalized spacial score (nSPS) is 15.0. The number of aromatic amines is 1. The topological polar surface area (TPSA) is 96.9 Å². The zero-order valence-electron chi connectivity index (χ0n) is 9.51. The molecular formula is C9H18N4O2S. The Morgan fingerprint density at radius 2 is 2.31 bits per heavy atom. The highest BCUT2D eigenvalue weighted by Crippen LogP contribution is 2.22. The van der Waals surface area contributed by atoms with Gasteiger partial charge >= 0.3 is 5.69 Å². The lowest BCUT2D eigenvalue weighted by molar-refractivity contribution is 0.280. The predicted molar refractivity (Wildman–Crippen MR) is 63.5 cm³/mol. The van der Waals surface area contributed by atoms with Crippen molar-refractivity contribution in [2.45, 2.75) is 43.3 Å². The van der Waals surface area contributed by atoms with Crippen LogP contribution in [0, 0.1) is 0 Å². The molecular weight excluding hydrogens is 228 g/mol. The molecule has 0 bridgehead atoms. The van der Waals surface area contributed by atoms with E-state index in [9.17, 15) is 9.90 Å². The molecule has 4 N–H and O–H groups in total. The van der Waals surface area contributed by atoms with Crippen molar-refractivity contribution in [1.29, 1.82) is 0 Å². The van der Waals surface area contributed by atoms with Crippen LogP contribution in [0.5, 0.6) is 0 Å². The number of hydrogen-bond donors (Lipinski definition) is 3. The lowest BCUT2D eigenvalue weighted by Crippen LogP contribution is -2.34. The summed E-state index contributed by atoms with van der Waals surface area (Å²) in [6.45, 7) is 4.36. The number of aliphatic hydroxyl groups is 1. The van der Waals surface area contributed by atoms with Gasteiger partial charge in [-0.05, 0) is 13.3 Å². The van der Waals surface area contributed by atoms with Gasteiger partial charge in [0.05, 0.1) is 11.9 Å². The van der Waals surface area contributed by atoms with E-state index in [2.05, 4.69) is 10.2 Å². The van der Waals surface area contributed by atoms with Crippen LogP contribution in [0.25, 0.3) is 0 Å². The molecule has 6 nitrogen and oxygen atoms in total. The number of nitrogens with one attached hydrogen (secondary N) is 1. The maximum absolute atomic E-state index is 11.3. The Hall–Kier alpha value is -0.790. The fourth-order valence-corrected chi connectivity index (χ4v) is 2.48. The molecule has 1 aromatic rings. The van der Waals surface area contributed by atoms with E-state index in [1.54, 1.807) is 0 Å². The molecule has 2 unspecified atom stereocenters. The second-order valence-corrected chi connectivity index (χ2v) is 4.67. The number of thioether (sulfide) groups is 1. The molecule has 0 spiro atoms. The zero-order chi connectivity index (χ0) is 12.1. The van der Waals surface area contributed by atoms with Crippen LogP contribution in [-0.2, 0) is 6.54 Å². The van der Waals surface area contributed by atoms with Gasteiger partial charge in [-0.3, -0.25) is 4.57 Å². The Labute approximate surface area is 98.2 Å². The fourth-order valence-electron chi connectivity index (χ4n) is 1.33. The highest BCUT2D eigenvalue weighted by Gasteiger charge is 2.20. The highest BCUT2D eigenvalue weighted by atomic mass is 32.2. The Kier molecular flexibility index (Phi) is 5.04. The lowest BCUT2D eigenvalue weighted by atomic mass is 10.2. The van der Waals surface area contributed by atoms with Crippen LogP contribution in [0.2, 0.25) is 0 Å². The van der Waals surface area contributed by atoms with Gasteiger partial charge in [0.25, 0.3) is 0 Å². The smallest absolute Gasteiger partial charge is 0.343 e. The van der Waals surface area contributed by atoms with E-state index in [4.69, 9.17) is 5.73 Å². The van der Waals surface area contributed by atoms with Gasteiger partial charge in [-0.1, -0.05) is 18.7 Å². The fraction of sp³-hybridized carbons (Fsp3) is 0.778. The zero-order valence-corrected chi connectivity index (χ0v) is 10.3. The van der Waals surface area contributed by atoms with Gasteiger partial charge in [-0.15, -0.1) is 5.10 Å². The molecule has 0 aliphatic rings. The quantitative estimate of drug-likeness (QED) is 0.603. The summed E-state index contributed by atoms with van der Waals surface area (Å²) in [5, 5.41) is 16.0. The third-order valence-electron chi connectivity index (χ3n) is 2.43. The third-order valence-corrected chi connectivity index (χ3v) is 3.75. The van der Waals surface area contributed by atoms with Crippen LogP contribution < -0.4 is 11.4 Å². The molecule has 0 aliphatic heterocycles. The maximum Gasteiger partial charge on any atom is 0.343 e. The number of aliphatic hydroxyl groups excluding tert-OH is 1. The van der Waals surface area contributed by atoms with E-state index >= 15 is 0 Å². The Morgan fingerprint density at radius 1 is 1.62 bits per heavy atom. The van der Waals surface area contributed by atoms with E-state index in [0.717, 1.165) is 6.42 Å². The van der Waals surface area contributed by atoms with Gasteiger partial charge in [0.1, 0.15) is 0 Å². The molecule has 92 valence electrons. The summed E-state index contributed by atoms with van der Waals surface area (Å²) >= 11 is 1.34. The van der Waals surface area contributed by atoms with Crippen molar-refractivity contribution in [2.75, 3.05) is 6.61 Å². The summed E-state index contributed by atoms with van der Waals surface area (Å²) < 4.78 is 1.52. The number of hydrogen-bond acceptors (Lipinski definition) is 5. The van der Waals surface area contributed by atoms with E-state index in [1.807, 2.05) is 13.8 Å². The van der Waals surface area contributed by atoms with E-state index in [1.165, 1.54) is 16.3 Å². The van der Waals surface area contributed by atoms with Crippen LogP contribution >= 0.6 is 11.8 Å². The molecule has 0 aliphatic carbocycles. The summed E-state index contributed by atoms with van der Waals surface area (Å²) in [6.07, 6.45) is 0.777. The third kappa shape index (κ3) is 2.87. The first-order valence-corrected chi connectivity index (χ1v) is 6.20. The van der Waals surface area contributed by atoms with Crippen LogP contribution in [0.4, 0.5) is 0 Å². The van der Waals surface area contributed by atoms with Crippen molar-refractivity contribution < 1.29 is 5.11 Å². The van der Waals surface area contributed by atoms with Gasteiger partial charge < -0.3 is 10.8 Å². The van der Waals surface area contributed by atoms with E-state index in [0.29, 0.717) is 11.7 Å². The van der Waals surface area contributed by atoms with Crippen LogP contribution in [0.15, 0.2) is 9.95 Å². The average molecular weight is 246 g/mol. The summed E-state index contributed by atoms with van der Waals surface area (Å²) in [5.74, 6) is 0. The molecule has 0 fully saturated rings. The Bertz CT molecular complexity index is 376. The van der Waals surface area contributed by atoms with Crippen molar-refractivity contribution in [3.05, 3.63) is 10.5 Å². The molecule has 7 heteroatoms. The molecule has 1 rings (SSSR count). The minimum absolute atomic E-state index is 0.0234. The van der Waals surface area contributed by atoms with Crippen LogP contribution in [-0.4, -0.2) is 37.8 Å². The van der Waals surface area contributed by atoms with Crippen molar-refractivity contribution in [3.63, 3.8) is 0 Å². The predicted octanol–water partition coefficient (Wildman–Crippen LogP) is -0.218. The number of rotatable bonds is 6. The van der Waals surface area contributed by atoms with Crippen LogP contribution in [0.1, 0.15) is 20.3 Å². The van der Waals surface area contributed by atoms with Gasteiger partial charge in [0.2, 0.25) is 0 Å². The number of nitrogens with two attached hydrogens (primary N) is 1. The van der Waals surface area contributed by atoms with E-state index in [-0.39, 0.29) is 23.6 Å². The van der Waals surface area contributed by atoms with Crippen molar-refractivity contribution in [3.8, 4) is 0 Å². The van der Waals surface area contributed by atoms with Crippen molar-refractivity contribution >= 4 is 11.8 Å². The van der Waals surface area contributed by atoms with Gasteiger partial charge in [-0.25, -0.2) is 9.89 Å². The van der Waals surface area contributed by atoms with Crippen LogP contribution in [0.3, 0.4) is 0 Å². The summed E-state index contributed by atoms with van der Waals surface area (Å²) in [4.78, 5) is 11.3. The SMILES string of the molecule is CCC(N)C(CO)Sc1n[nH]c(=O)n1CC. The first-order chi connectivity index (χ1) is 7.63. The molecule has 0 saturated carbocycles. The number of aromatic nitrogens is 3. The molecule has 1 heterocycles. The molecule has 16 heavy (non-hydrogen) atoms. The minimum atomic E-state index is -0.230. The van der Waals surface area contributed by atoms with Gasteiger partial charge in [0, 0.05) is 12.6 Å². The second kappa shape index (κ2) is 6.07. The summed E-state index contributed by atoms with van der Waals surface area (Å²) in [5.41, 5.74) is 5.64. The molecule has 0 aromatic carbocycles. The molecule has 1 aromatic heterocycles. The highest BCUT2D eigenvalue weighted by molar-refractivity contribution is 7.99.